The minimum atomic E-state index is -1.03. The lowest BCUT2D eigenvalue weighted by Crippen LogP contribution is -2.29. The third-order valence-corrected chi connectivity index (χ3v) is 3.87. The standard InChI is InChI=1S/C14H12ClNO4S/c1-8(20-10-5-3-2-4-9(10)15)13(17)16-12-7-6-11(21-12)14(18)19/h2-8H,1H3,(H,16,17)(H,18,19). The molecule has 21 heavy (non-hydrogen) atoms. The van der Waals surface area contributed by atoms with E-state index in [-0.39, 0.29) is 10.8 Å². The molecule has 0 spiro atoms. The van der Waals surface area contributed by atoms with Gasteiger partial charge in [-0.2, -0.15) is 0 Å². The van der Waals surface area contributed by atoms with Gasteiger partial charge in [-0.1, -0.05) is 23.7 Å². The molecule has 110 valence electrons. The highest BCUT2D eigenvalue weighted by molar-refractivity contribution is 7.18. The second kappa shape index (κ2) is 6.60. The number of benzene rings is 1. The molecule has 0 radical (unpaired) electrons. The Labute approximate surface area is 130 Å². The molecular weight excluding hydrogens is 314 g/mol. The lowest BCUT2D eigenvalue weighted by atomic mass is 10.3. The van der Waals surface area contributed by atoms with E-state index in [2.05, 4.69) is 5.32 Å². The highest BCUT2D eigenvalue weighted by atomic mass is 35.5. The van der Waals surface area contributed by atoms with Gasteiger partial charge in [0.25, 0.3) is 5.91 Å². The van der Waals surface area contributed by atoms with Crippen molar-refractivity contribution in [1.82, 2.24) is 0 Å². The smallest absolute Gasteiger partial charge is 0.345 e. The van der Waals surface area contributed by atoms with Crippen LogP contribution in [-0.4, -0.2) is 23.1 Å². The quantitative estimate of drug-likeness (QED) is 0.882. The summed E-state index contributed by atoms with van der Waals surface area (Å²) >= 11 is 6.93. The van der Waals surface area contributed by atoms with Crippen molar-refractivity contribution >= 4 is 39.8 Å². The lowest BCUT2D eigenvalue weighted by molar-refractivity contribution is -0.122. The molecule has 7 heteroatoms. The summed E-state index contributed by atoms with van der Waals surface area (Å²) < 4.78 is 5.48. The van der Waals surface area contributed by atoms with Crippen LogP contribution in [0.5, 0.6) is 5.75 Å². The zero-order chi connectivity index (χ0) is 15.4. The van der Waals surface area contributed by atoms with E-state index in [0.29, 0.717) is 15.8 Å². The molecule has 1 amide bonds. The zero-order valence-electron chi connectivity index (χ0n) is 11.0. The van der Waals surface area contributed by atoms with Crippen molar-refractivity contribution in [3.63, 3.8) is 0 Å². The molecule has 1 heterocycles. The maximum Gasteiger partial charge on any atom is 0.345 e. The molecule has 2 aromatic rings. The van der Waals surface area contributed by atoms with Gasteiger partial charge in [-0.05, 0) is 31.2 Å². The fourth-order valence-corrected chi connectivity index (χ4v) is 2.46. The number of hydrogen-bond donors (Lipinski definition) is 2. The Hall–Kier alpha value is -2.05. The topological polar surface area (TPSA) is 75.6 Å². The molecule has 2 rings (SSSR count). The van der Waals surface area contributed by atoms with Crippen molar-refractivity contribution in [3.8, 4) is 5.75 Å². The average Bonchev–Trinajstić information content (AvgIpc) is 2.90. The van der Waals surface area contributed by atoms with Gasteiger partial charge in [0, 0.05) is 0 Å². The van der Waals surface area contributed by atoms with Gasteiger partial charge >= 0.3 is 5.97 Å². The van der Waals surface area contributed by atoms with Crippen LogP contribution in [0.25, 0.3) is 0 Å². The van der Waals surface area contributed by atoms with E-state index in [1.54, 1.807) is 31.2 Å². The normalized spacial score (nSPS) is 11.7. The van der Waals surface area contributed by atoms with Crippen LogP contribution in [-0.2, 0) is 4.79 Å². The van der Waals surface area contributed by atoms with Gasteiger partial charge in [-0.3, -0.25) is 4.79 Å². The first-order chi connectivity index (χ1) is 9.97. The summed E-state index contributed by atoms with van der Waals surface area (Å²) in [5.41, 5.74) is 0. The van der Waals surface area contributed by atoms with E-state index in [9.17, 15) is 9.59 Å². The molecule has 0 saturated carbocycles. The van der Waals surface area contributed by atoms with Crippen molar-refractivity contribution in [3.05, 3.63) is 46.3 Å². The molecule has 0 aliphatic rings. The second-order valence-electron chi connectivity index (χ2n) is 4.15. The molecule has 0 bridgehead atoms. The molecule has 2 N–H and O–H groups in total. The Balaban J connectivity index is 1.99. The summed E-state index contributed by atoms with van der Waals surface area (Å²) in [6.07, 6.45) is -0.764. The van der Waals surface area contributed by atoms with Gasteiger partial charge in [-0.25, -0.2) is 4.79 Å². The van der Waals surface area contributed by atoms with Crippen molar-refractivity contribution in [2.45, 2.75) is 13.0 Å². The number of carboxylic acid groups (broad SMARTS) is 1. The number of para-hydroxylation sites is 1. The van der Waals surface area contributed by atoms with E-state index >= 15 is 0 Å². The van der Waals surface area contributed by atoms with Crippen LogP contribution in [0.2, 0.25) is 5.02 Å². The minimum absolute atomic E-state index is 0.157. The summed E-state index contributed by atoms with van der Waals surface area (Å²) in [4.78, 5) is 22.9. The number of ether oxygens (including phenoxy) is 1. The molecular formula is C14H12ClNO4S. The number of anilines is 1. The summed E-state index contributed by atoms with van der Waals surface area (Å²) in [6, 6.07) is 9.82. The van der Waals surface area contributed by atoms with Crippen LogP contribution in [0.3, 0.4) is 0 Å². The molecule has 0 saturated heterocycles. The SMILES string of the molecule is CC(Oc1ccccc1Cl)C(=O)Nc1ccc(C(=O)O)s1. The van der Waals surface area contributed by atoms with E-state index < -0.39 is 12.1 Å². The van der Waals surface area contributed by atoms with Gasteiger partial charge in [0.2, 0.25) is 0 Å². The maximum atomic E-state index is 12.0. The largest absolute Gasteiger partial charge is 0.479 e. The van der Waals surface area contributed by atoms with Gasteiger partial charge < -0.3 is 15.2 Å². The average molecular weight is 326 g/mol. The number of amides is 1. The van der Waals surface area contributed by atoms with Crippen LogP contribution in [0.1, 0.15) is 16.6 Å². The minimum Gasteiger partial charge on any atom is -0.479 e. The molecule has 0 aliphatic carbocycles. The van der Waals surface area contributed by atoms with Crippen LogP contribution >= 0.6 is 22.9 Å². The highest BCUT2D eigenvalue weighted by Gasteiger charge is 2.17. The lowest BCUT2D eigenvalue weighted by Gasteiger charge is -2.14. The summed E-state index contributed by atoms with van der Waals surface area (Å²) in [5.74, 6) is -0.992. The molecule has 1 unspecified atom stereocenters. The maximum absolute atomic E-state index is 12.0. The van der Waals surface area contributed by atoms with Crippen molar-refractivity contribution in [2.24, 2.45) is 0 Å². The Morgan fingerprint density at radius 3 is 2.62 bits per heavy atom. The predicted octanol–water partition coefficient (Wildman–Crippen LogP) is 3.51. The Bertz CT molecular complexity index is 670. The Morgan fingerprint density at radius 1 is 1.29 bits per heavy atom. The van der Waals surface area contributed by atoms with Crippen molar-refractivity contribution in [1.29, 1.82) is 0 Å². The number of nitrogens with one attached hydrogen (secondary N) is 1. The first-order valence-corrected chi connectivity index (χ1v) is 7.22. The Morgan fingerprint density at radius 2 is 2.00 bits per heavy atom. The van der Waals surface area contributed by atoms with E-state index in [4.69, 9.17) is 21.4 Å². The number of carbonyl (C=O) groups is 2. The first kappa shape index (κ1) is 15.3. The molecule has 1 aromatic heterocycles. The Kier molecular flexibility index (Phi) is 4.82. The van der Waals surface area contributed by atoms with Gasteiger partial charge in [0.1, 0.15) is 10.6 Å². The molecule has 0 aliphatic heterocycles. The van der Waals surface area contributed by atoms with Crippen LogP contribution in [0, 0.1) is 0 Å². The fraction of sp³-hybridized carbons (Fsp3) is 0.143. The highest BCUT2D eigenvalue weighted by Crippen LogP contribution is 2.25. The van der Waals surface area contributed by atoms with Crippen LogP contribution < -0.4 is 10.1 Å². The summed E-state index contributed by atoms with van der Waals surface area (Å²) in [7, 11) is 0. The van der Waals surface area contributed by atoms with Gasteiger partial charge in [0.15, 0.2) is 6.10 Å². The number of hydrogen-bond acceptors (Lipinski definition) is 4. The number of aromatic carboxylic acids is 1. The van der Waals surface area contributed by atoms with Crippen LogP contribution in [0.15, 0.2) is 36.4 Å². The third kappa shape index (κ3) is 3.96. The van der Waals surface area contributed by atoms with Crippen molar-refractivity contribution < 1.29 is 19.4 Å². The van der Waals surface area contributed by atoms with Gasteiger partial charge in [-0.15, -0.1) is 11.3 Å². The molecule has 5 nitrogen and oxygen atoms in total. The number of carboxylic acids is 1. The predicted molar refractivity (Wildman–Crippen MR) is 81.5 cm³/mol. The molecule has 1 aromatic carbocycles. The third-order valence-electron chi connectivity index (χ3n) is 2.57. The number of carbonyl (C=O) groups excluding carboxylic acids is 1. The van der Waals surface area contributed by atoms with E-state index in [1.165, 1.54) is 12.1 Å². The first-order valence-electron chi connectivity index (χ1n) is 6.02. The van der Waals surface area contributed by atoms with Gasteiger partial charge in [0.05, 0.1) is 10.0 Å². The zero-order valence-corrected chi connectivity index (χ0v) is 12.6. The fourth-order valence-electron chi connectivity index (χ4n) is 1.53. The van der Waals surface area contributed by atoms with E-state index in [0.717, 1.165) is 11.3 Å². The summed E-state index contributed by atoms with van der Waals surface area (Å²) in [6.45, 7) is 1.59. The molecule has 0 fully saturated rings. The molecule has 1 atom stereocenters. The summed E-state index contributed by atoms with van der Waals surface area (Å²) in [5, 5.41) is 12.3. The number of rotatable bonds is 5. The number of halogens is 1. The van der Waals surface area contributed by atoms with Crippen LogP contribution in [0.4, 0.5) is 5.00 Å². The van der Waals surface area contributed by atoms with Crippen molar-refractivity contribution in [2.75, 3.05) is 5.32 Å². The monoisotopic (exact) mass is 325 g/mol. The second-order valence-corrected chi connectivity index (χ2v) is 5.64. The number of thiophene rings is 1. The van der Waals surface area contributed by atoms with E-state index in [1.807, 2.05) is 0 Å².